The third-order valence-corrected chi connectivity index (χ3v) is 2.91. The number of carbonyl (C=O) groups is 2. The zero-order valence-electron chi connectivity index (χ0n) is 10.3. The van der Waals surface area contributed by atoms with Crippen molar-refractivity contribution in [1.29, 1.82) is 0 Å². The molecule has 0 aromatic heterocycles. The lowest BCUT2D eigenvalue weighted by atomic mass is 10.1. The lowest BCUT2D eigenvalue weighted by Gasteiger charge is -1.98. The molecular weight excluding hydrogens is 240 g/mol. The van der Waals surface area contributed by atoms with Crippen molar-refractivity contribution >= 4 is 12.8 Å². The molecule has 2 aromatic rings. The van der Waals surface area contributed by atoms with Gasteiger partial charge in [0.15, 0.2) is 0 Å². The van der Waals surface area contributed by atoms with Crippen LogP contribution in [0.5, 0.6) is 0 Å². The molecule has 2 N–H and O–H groups in total. The number of nitrogens with one attached hydrogen (secondary N) is 2. The summed E-state index contributed by atoms with van der Waals surface area (Å²) in [5, 5.41) is 0. The molecule has 0 spiro atoms. The van der Waals surface area contributed by atoms with Crippen molar-refractivity contribution in [2.24, 2.45) is 0 Å². The molecule has 0 heterocycles. The van der Waals surface area contributed by atoms with Gasteiger partial charge in [-0.2, -0.15) is 0 Å². The third-order valence-electron chi connectivity index (χ3n) is 2.91. The molecule has 0 saturated carbocycles. The van der Waals surface area contributed by atoms with E-state index in [1.807, 2.05) is 10.9 Å². The number of rotatable bonds is 3. The van der Waals surface area contributed by atoms with E-state index < -0.39 is 0 Å². The number of hydrogen-bond donors (Lipinski definition) is 2. The van der Waals surface area contributed by atoms with Crippen molar-refractivity contribution in [3.05, 3.63) is 59.7 Å². The smallest absolute Gasteiger partial charge is 0.225 e. The maximum atomic E-state index is 9.23. The summed E-state index contributed by atoms with van der Waals surface area (Å²) in [6.45, 7) is 0. The molecular formula is C15H14N2O2. The van der Waals surface area contributed by atoms with Crippen molar-refractivity contribution in [3.8, 4) is 11.1 Å². The maximum Gasteiger partial charge on any atom is 0.225 e. The zero-order chi connectivity index (χ0) is 13.5. The van der Waals surface area contributed by atoms with Gasteiger partial charge in [-0.25, -0.2) is 0 Å². The molecule has 4 heteroatoms. The molecule has 2 aromatic carbocycles. The van der Waals surface area contributed by atoms with Gasteiger partial charge in [-0.3, -0.25) is 20.4 Å². The van der Waals surface area contributed by atoms with Crippen LogP contribution in [0.1, 0.15) is 11.1 Å². The van der Waals surface area contributed by atoms with Crippen LogP contribution < -0.4 is 10.9 Å². The van der Waals surface area contributed by atoms with Crippen molar-refractivity contribution < 1.29 is 9.59 Å². The fourth-order valence-corrected chi connectivity index (χ4v) is 2.15. The predicted octanol–water partition coefficient (Wildman–Crippen LogP) is 1.65. The zero-order valence-corrected chi connectivity index (χ0v) is 10.3. The molecule has 0 unspecified atom stereocenters. The summed E-state index contributed by atoms with van der Waals surface area (Å²) in [5.41, 5.74) is 9.55. The lowest BCUT2D eigenvalue weighted by Crippen LogP contribution is -2.28. The van der Waals surface area contributed by atoms with Crippen molar-refractivity contribution in [3.63, 3.8) is 0 Å². The minimum Gasteiger partial charge on any atom is -0.277 e. The molecule has 2 amide bonds. The van der Waals surface area contributed by atoms with E-state index >= 15 is 0 Å². The molecule has 1 aliphatic rings. The maximum absolute atomic E-state index is 9.23. The predicted molar refractivity (Wildman–Crippen MR) is 73.1 cm³/mol. The summed E-state index contributed by atoms with van der Waals surface area (Å²) in [5.74, 6) is 0. The Balaban J connectivity index is 0.000000192. The standard InChI is InChI=1S/C13H10.C2H4N2O2/c1-3-7-12-10(5-1)9-11-6-2-4-8-13(11)12;5-1-3-4-2-6/h1-8H,9H2;1-2H,(H,3,5)(H,4,6). The number of hydrazine groups is 1. The van der Waals surface area contributed by atoms with E-state index in [0.29, 0.717) is 12.8 Å². The van der Waals surface area contributed by atoms with Gasteiger partial charge < -0.3 is 0 Å². The fraction of sp³-hybridized carbons (Fsp3) is 0.0667. The Hall–Kier alpha value is -2.62. The van der Waals surface area contributed by atoms with Crippen LogP contribution in [-0.2, 0) is 16.0 Å². The first-order valence-electron chi connectivity index (χ1n) is 5.91. The molecule has 96 valence electrons. The van der Waals surface area contributed by atoms with Crippen LogP contribution in [-0.4, -0.2) is 12.8 Å². The number of benzene rings is 2. The molecule has 0 bridgehead atoms. The van der Waals surface area contributed by atoms with Gasteiger partial charge >= 0.3 is 0 Å². The Kier molecular flexibility index (Phi) is 4.29. The van der Waals surface area contributed by atoms with Crippen LogP contribution in [0.15, 0.2) is 48.5 Å². The van der Waals surface area contributed by atoms with E-state index in [4.69, 9.17) is 0 Å². The topological polar surface area (TPSA) is 58.2 Å². The summed E-state index contributed by atoms with van der Waals surface area (Å²) < 4.78 is 0. The van der Waals surface area contributed by atoms with E-state index in [-0.39, 0.29) is 0 Å². The Bertz CT molecular complexity index is 530. The van der Waals surface area contributed by atoms with Crippen LogP contribution in [0, 0.1) is 0 Å². The number of hydrogen-bond acceptors (Lipinski definition) is 2. The van der Waals surface area contributed by atoms with E-state index in [9.17, 15) is 9.59 Å². The highest BCUT2D eigenvalue weighted by Crippen LogP contribution is 2.35. The summed E-state index contributed by atoms with van der Waals surface area (Å²) in [6, 6.07) is 17.3. The molecule has 1 aliphatic carbocycles. The highest BCUT2D eigenvalue weighted by atomic mass is 16.2. The van der Waals surface area contributed by atoms with Gasteiger partial charge in [-0.15, -0.1) is 0 Å². The second-order valence-electron chi connectivity index (χ2n) is 4.02. The molecule has 0 fully saturated rings. The van der Waals surface area contributed by atoms with Crippen molar-refractivity contribution in [1.82, 2.24) is 10.9 Å². The first-order valence-corrected chi connectivity index (χ1v) is 5.91. The summed E-state index contributed by atoms with van der Waals surface area (Å²) in [6.07, 6.45) is 1.84. The Morgan fingerprint density at radius 2 is 1.16 bits per heavy atom. The molecule has 0 saturated heterocycles. The molecule has 19 heavy (non-hydrogen) atoms. The number of carbonyl (C=O) groups excluding carboxylic acids is 2. The minimum absolute atomic E-state index is 0.369. The van der Waals surface area contributed by atoms with Crippen LogP contribution in [0.3, 0.4) is 0 Å². The Morgan fingerprint density at radius 1 is 0.737 bits per heavy atom. The molecule has 4 nitrogen and oxygen atoms in total. The second-order valence-corrected chi connectivity index (χ2v) is 4.02. The van der Waals surface area contributed by atoms with E-state index in [2.05, 4.69) is 48.5 Å². The van der Waals surface area contributed by atoms with Gasteiger partial charge in [0.2, 0.25) is 12.8 Å². The van der Waals surface area contributed by atoms with Crippen molar-refractivity contribution in [2.75, 3.05) is 0 Å². The highest BCUT2D eigenvalue weighted by molar-refractivity contribution is 5.76. The molecule has 0 atom stereocenters. The molecule has 0 radical (unpaired) electrons. The van der Waals surface area contributed by atoms with Crippen LogP contribution in [0.2, 0.25) is 0 Å². The van der Waals surface area contributed by atoms with Gasteiger partial charge in [0.1, 0.15) is 0 Å². The van der Waals surface area contributed by atoms with E-state index in [0.717, 1.165) is 6.42 Å². The van der Waals surface area contributed by atoms with E-state index in [1.54, 1.807) is 0 Å². The normalized spacial score (nSPS) is 10.3. The summed E-state index contributed by atoms with van der Waals surface area (Å²) >= 11 is 0. The van der Waals surface area contributed by atoms with Gasteiger partial charge in [0.25, 0.3) is 0 Å². The van der Waals surface area contributed by atoms with Crippen LogP contribution in [0.4, 0.5) is 0 Å². The first kappa shape index (κ1) is 12.8. The quantitative estimate of drug-likeness (QED) is 0.424. The number of amides is 2. The van der Waals surface area contributed by atoms with Crippen LogP contribution in [0.25, 0.3) is 11.1 Å². The number of fused-ring (bicyclic) bond motifs is 3. The lowest BCUT2D eigenvalue weighted by molar-refractivity contribution is -0.116. The highest BCUT2D eigenvalue weighted by Gasteiger charge is 2.15. The SMILES string of the molecule is O=CNNC=O.c1ccc2c(c1)Cc1ccccc1-2. The van der Waals surface area contributed by atoms with Gasteiger partial charge in [-0.05, 0) is 28.7 Å². The van der Waals surface area contributed by atoms with Crippen LogP contribution >= 0.6 is 0 Å². The summed E-state index contributed by atoms with van der Waals surface area (Å²) in [7, 11) is 0. The summed E-state index contributed by atoms with van der Waals surface area (Å²) in [4.78, 5) is 18.5. The van der Waals surface area contributed by atoms with Gasteiger partial charge in [-0.1, -0.05) is 48.5 Å². The second kappa shape index (κ2) is 6.35. The largest absolute Gasteiger partial charge is 0.277 e. The van der Waals surface area contributed by atoms with Gasteiger partial charge in [0.05, 0.1) is 0 Å². The van der Waals surface area contributed by atoms with Crippen molar-refractivity contribution in [2.45, 2.75) is 6.42 Å². The monoisotopic (exact) mass is 254 g/mol. The minimum atomic E-state index is 0.369. The average Bonchev–Trinajstić information content (AvgIpc) is 2.84. The molecule has 3 rings (SSSR count). The Morgan fingerprint density at radius 3 is 1.58 bits per heavy atom. The average molecular weight is 254 g/mol. The fourth-order valence-electron chi connectivity index (χ4n) is 2.15. The third kappa shape index (κ3) is 2.98. The first-order chi connectivity index (χ1) is 9.36. The molecule has 0 aliphatic heterocycles. The Labute approximate surface area is 111 Å². The van der Waals surface area contributed by atoms with Gasteiger partial charge in [0, 0.05) is 0 Å². The van der Waals surface area contributed by atoms with E-state index in [1.165, 1.54) is 22.3 Å².